The molecule has 10 heteroatoms. The number of nitrogens with zero attached hydrogens (tertiary/aromatic N) is 2. The molecule has 0 radical (unpaired) electrons. The number of nitrogens with one attached hydrogen (secondary N) is 1. The Balaban J connectivity index is 1.39. The molecule has 0 saturated carbocycles. The van der Waals surface area contributed by atoms with Gasteiger partial charge in [-0.25, -0.2) is 8.42 Å². The standard InChI is InChI=1S/C25H24F3N3O3S/c26-25(27,28)22-11-4-5-12-23(22)29-24(32)20-8-6-7-19(17-20)18-30-13-15-31(16-14-30)35(33,34)21-9-2-1-3-10-21/h1-12,17H,13-16,18H2,(H,29,32). The van der Waals surface area contributed by atoms with E-state index in [4.69, 9.17) is 0 Å². The molecule has 0 aliphatic carbocycles. The number of piperazine rings is 1. The van der Waals surface area contributed by atoms with Crippen molar-refractivity contribution >= 4 is 21.6 Å². The number of benzene rings is 3. The van der Waals surface area contributed by atoms with Gasteiger partial charge in [-0.2, -0.15) is 17.5 Å². The summed E-state index contributed by atoms with van der Waals surface area (Å²) in [5.41, 5.74) is -0.162. The van der Waals surface area contributed by atoms with Crippen LogP contribution >= 0.6 is 0 Å². The number of amides is 1. The normalized spacial score (nSPS) is 15.6. The van der Waals surface area contributed by atoms with E-state index in [1.165, 1.54) is 22.5 Å². The lowest BCUT2D eigenvalue weighted by Gasteiger charge is -2.34. The summed E-state index contributed by atoms with van der Waals surface area (Å²) in [5, 5.41) is 2.36. The van der Waals surface area contributed by atoms with Gasteiger partial charge in [0.05, 0.1) is 16.1 Å². The van der Waals surface area contributed by atoms with Crippen LogP contribution in [0.4, 0.5) is 18.9 Å². The fourth-order valence-corrected chi connectivity index (χ4v) is 5.42. The Morgan fingerprint density at radius 2 is 1.51 bits per heavy atom. The Hall–Kier alpha value is -3.21. The van der Waals surface area contributed by atoms with Gasteiger partial charge in [0.2, 0.25) is 10.0 Å². The van der Waals surface area contributed by atoms with Gasteiger partial charge in [0.25, 0.3) is 5.91 Å². The summed E-state index contributed by atoms with van der Waals surface area (Å²) < 4.78 is 66.7. The van der Waals surface area contributed by atoms with Crippen LogP contribution in [0.25, 0.3) is 0 Å². The minimum atomic E-state index is -4.58. The highest BCUT2D eigenvalue weighted by atomic mass is 32.2. The molecule has 1 aliphatic rings. The maximum absolute atomic E-state index is 13.2. The summed E-state index contributed by atoms with van der Waals surface area (Å²) in [5.74, 6) is -0.637. The Bertz CT molecular complexity index is 1290. The van der Waals surface area contributed by atoms with E-state index in [0.717, 1.165) is 11.6 Å². The van der Waals surface area contributed by atoms with Crippen LogP contribution in [0.3, 0.4) is 0 Å². The van der Waals surface area contributed by atoms with E-state index in [0.29, 0.717) is 32.7 Å². The van der Waals surface area contributed by atoms with Gasteiger partial charge in [-0.05, 0) is 42.0 Å². The third kappa shape index (κ3) is 5.90. The topological polar surface area (TPSA) is 69.7 Å². The van der Waals surface area contributed by atoms with Crippen molar-refractivity contribution in [3.8, 4) is 0 Å². The summed E-state index contributed by atoms with van der Waals surface area (Å²) in [7, 11) is -3.55. The molecule has 1 saturated heterocycles. The number of halogens is 3. The van der Waals surface area contributed by atoms with E-state index in [2.05, 4.69) is 10.2 Å². The van der Waals surface area contributed by atoms with Crippen LogP contribution in [0.1, 0.15) is 21.5 Å². The summed E-state index contributed by atoms with van der Waals surface area (Å²) in [6.07, 6.45) is -4.58. The maximum atomic E-state index is 13.2. The first-order chi connectivity index (χ1) is 16.6. The van der Waals surface area contributed by atoms with Crippen LogP contribution < -0.4 is 5.32 Å². The number of para-hydroxylation sites is 1. The molecule has 35 heavy (non-hydrogen) atoms. The predicted octanol–water partition coefficient (Wildman–Crippen LogP) is 4.46. The molecule has 3 aromatic rings. The van der Waals surface area contributed by atoms with Gasteiger partial charge in [0, 0.05) is 38.3 Å². The number of sulfonamides is 1. The highest BCUT2D eigenvalue weighted by Gasteiger charge is 2.33. The number of rotatable bonds is 6. The lowest BCUT2D eigenvalue weighted by Crippen LogP contribution is -2.48. The van der Waals surface area contributed by atoms with Gasteiger partial charge in [0.15, 0.2) is 0 Å². The monoisotopic (exact) mass is 503 g/mol. The largest absolute Gasteiger partial charge is 0.418 e. The van der Waals surface area contributed by atoms with Crippen molar-refractivity contribution in [2.24, 2.45) is 0 Å². The van der Waals surface area contributed by atoms with E-state index < -0.39 is 27.7 Å². The van der Waals surface area contributed by atoms with E-state index in [-0.39, 0.29) is 16.1 Å². The number of hydrogen-bond acceptors (Lipinski definition) is 4. The third-order valence-corrected chi connectivity index (χ3v) is 7.70. The van der Waals surface area contributed by atoms with Gasteiger partial charge in [-0.3, -0.25) is 9.69 Å². The highest BCUT2D eigenvalue weighted by molar-refractivity contribution is 7.89. The molecule has 0 bridgehead atoms. The predicted molar refractivity (Wildman–Crippen MR) is 126 cm³/mol. The van der Waals surface area contributed by atoms with Gasteiger partial charge >= 0.3 is 6.18 Å². The fraction of sp³-hybridized carbons (Fsp3) is 0.240. The van der Waals surface area contributed by atoms with Gasteiger partial charge in [0.1, 0.15) is 0 Å². The van der Waals surface area contributed by atoms with Crippen molar-refractivity contribution in [2.75, 3.05) is 31.5 Å². The molecule has 0 spiro atoms. The molecule has 0 unspecified atom stereocenters. The number of alkyl halides is 3. The Kier molecular flexibility index (Phi) is 7.25. The molecule has 3 aromatic carbocycles. The van der Waals surface area contributed by atoms with Crippen LogP contribution in [-0.4, -0.2) is 49.7 Å². The Morgan fingerprint density at radius 3 is 2.20 bits per heavy atom. The lowest BCUT2D eigenvalue weighted by molar-refractivity contribution is -0.136. The van der Waals surface area contributed by atoms with E-state index in [1.54, 1.807) is 48.5 Å². The van der Waals surface area contributed by atoms with Crippen LogP contribution in [0.2, 0.25) is 0 Å². The van der Waals surface area contributed by atoms with Crippen molar-refractivity contribution < 1.29 is 26.4 Å². The minimum Gasteiger partial charge on any atom is -0.321 e. The Labute approximate surface area is 202 Å². The van der Waals surface area contributed by atoms with Crippen molar-refractivity contribution in [1.82, 2.24) is 9.21 Å². The van der Waals surface area contributed by atoms with Gasteiger partial charge in [-0.15, -0.1) is 0 Å². The molecular weight excluding hydrogens is 479 g/mol. The number of hydrogen-bond donors (Lipinski definition) is 1. The molecule has 1 aliphatic heterocycles. The second kappa shape index (κ2) is 10.2. The molecule has 1 N–H and O–H groups in total. The minimum absolute atomic E-state index is 0.241. The van der Waals surface area contributed by atoms with E-state index in [1.807, 2.05) is 6.07 Å². The second-order valence-corrected chi connectivity index (χ2v) is 10.1. The number of carbonyl (C=O) groups is 1. The van der Waals surface area contributed by atoms with Crippen LogP contribution in [0, 0.1) is 0 Å². The Morgan fingerprint density at radius 1 is 0.857 bits per heavy atom. The van der Waals surface area contributed by atoms with Gasteiger partial charge < -0.3 is 5.32 Å². The molecule has 184 valence electrons. The fourth-order valence-electron chi connectivity index (χ4n) is 3.97. The molecular formula is C25H24F3N3O3S. The first-order valence-electron chi connectivity index (χ1n) is 11.0. The average Bonchev–Trinajstić information content (AvgIpc) is 2.85. The van der Waals surface area contributed by atoms with Gasteiger partial charge in [-0.1, -0.05) is 42.5 Å². The van der Waals surface area contributed by atoms with E-state index >= 15 is 0 Å². The molecule has 4 rings (SSSR count). The summed E-state index contributed by atoms with van der Waals surface area (Å²) in [4.78, 5) is 15.0. The average molecular weight is 504 g/mol. The molecule has 0 aromatic heterocycles. The molecule has 1 fully saturated rings. The summed E-state index contributed by atoms with van der Waals surface area (Å²) in [6.45, 7) is 2.19. The van der Waals surface area contributed by atoms with Crippen LogP contribution in [0.5, 0.6) is 0 Å². The zero-order valence-corrected chi connectivity index (χ0v) is 19.5. The third-order valence-electron chi connectivity index (χ3n) is 5.79. The zero-order valence-electron chi connectivity index (χ0n) is 18.7. The molecule has 1 amide bonds. The summed E-state index contributed by atoms with van der Waals surface area (Å²) >= 11 is 0. The van der Waals surface area contributed by atoms with Crippen molar-refractivity contribution in [2.45, 2.75) is 17.6 Å². The highest BCUT2D eigenvalue weighted by Crippen LogP contribution is 2.34. The first kappa shape index (κ1) is 24.9. The smallest absolute Gasteiger partial charge is 0.321 e. The van der Waals surface area contributed by atoms with Crippen molar-refractivity contribution in [3.63, 3.8) is 0 Å². The van der Waals surface area contributed by atoms with Crippen molar-refractivity contribution in [3.05, 3.63) is 95.6 Å². The number of carbonyl (C=O) groups excluding carboxylic acids is 1. The first-order valence-corrected chi connectivity index (χ1v) is 12.4. The van der Waals surface area contributed by atoms with Crippen LogP contribution in [0.15, 0.2) is 83.8 Å². The van der Waals surface area contributed by atoms with Crippen LogP contribution in [-0.2, 0) is 22.7 Å². The van der Waals surface area contributed by atoms with E-state index in [9.17, 15) is 26.4 Å². The zero-order chi connectivity index (χ0) is 25.1. The number of anilines is 1. The molecule has 0 atom stereocenters. The molecule has 6 nitrogen and oxygen atoms in total. The SMILES string of the molecule is O=C(Nc1ccccc1C(F)(F)F)c1cccc(CN2CCN(S(=O)(=O)c3ccccc3)CC2)c1. The molecule has 1 heterocycles. The van der Waals surface area contributed by atoms with Crippen molar-refractivity contribution in [1.29, 1.82) is 0 Å². The lowest BCUT2D eigenvalue weighted by atomic mass is 10.1. The maximum Gasteiger partial charge on any atom is 0.418 e. The summed E-state index contributed by atoms with van der Waals surface area (Å²) in [6, 6.07) is 19.8. The quantitative estimate of drug-likeness (QED) is 0.539. The second-order valence-electron chi connectivity index (χ2n) is 8.19.